The van der Waals surface area contributed by atoms with E-state index in [1.165, 1.54) is 16.2 Å². The maximum absolute atomic E-state index is 9.72. The molecule has 3 aromatic heterocycles. The molecule has 218 valence electrons. The largest absolute Gasteiger partial charge is 0.309 e. The maximum atomic E-state index is 9.72. The van der Waals surface area contributed by atoms with Gasteiger partial charge in [-0.05, 0) is 82.2 Å². The first-order valence-electron chi connectivity index (χ1n) is 17.4. The van der Waals surface area contributed by atoms with E-state index in [1.54, 1.807) is 11.3 Å². The molecular weight excluding hydrogens is 589 g/mol. The molecule has 3 heterocycles. The predicted octanol–water partition coefficient (Wildman–Crippen LogP) is 12.6. The standard InChI is InChI=1S/C44H26N2S/c1-2-13-30(14-3-1)45-39-21-18-27-10-6-7-15-32(27)44(39)37-25-35-33-16-8-9-17-38(33)46(40(35)26-41(37)45)31-19-20-34-36-22-28-11-4-5-12-29(28)23-42(36)47-43(34)24-31/h1-26H/i19D,20D,24D. The van der Waals surface area contributed by atoms with Crippen molar-refractivity contribution >= 4 is 96.7 Å². The van der Waals surface area contributed by atoms with Crippen molar-refractivity contribution in [3.8, 4) is 11.4 Å². The highest BCUT2D eigenvalue weighted by molar-refractivity contribution is 7.25. The number of fused-ring (bicyclic) bond motifs is 12. The van der Waals surface area contributed by atoms with Crippen molar-refractivity contribution in [3.05, 3.63) is 158 Å². The Balaban J connectivity index is 1.31. The molecule has 0 spiro atoms. The number of para-hydroxylation sites is 2. The van der Waals surface area contributed by atoms with Gasteiger partial charge in [0, 0.05) is 53.1 Å². The fourth-order valence-corrected chi connectivity index (χ4v) is 8.80. The molecule has 0 radical (unpaired) electrons. The third-order valence-electron chi connectivity index (χ3n) is 9.78. The van der Waals surface area contributed by atoms with Crippen molar-refractivity contribution in [1.82, 2.24) is 9.13 Å². The molecule has 0 N–H and O–H groups in total. The molecule has 0 saturated heterocycles. The fraction of sp³-hybridized carbons (Fsp3) is 0. The highest BCUT2D eigenvalue weighted by atomic mass is 32.1. The van der Waals surface area contributed by atoms with Crippen molar-refractivity contribution in [1.29, 1.82) is 0 Å². The second-order valence-electron chi connectivity index (χ2n) is 12.3. The first-order chi connectivity index (χ1) is 24.6. The van der Waals surface area contributed by atoms with E-state index in [0.29, 0.717) is 11.1 Å². The number of hydrogen-bond donors (Lipinski definition) is 0. The highest BCUT2D eigenvalue weighted by Crippen LogP contribution is 2.43. The van der Waals surface area contributed by atoms with Crippen molar-refractivity contribution < 1.29 is 4.11 Å². The van der Waals surface area contributed by atoms with E-state index in [1.807, 2.05) is 24.3 Å². The summed E-state index contributed by atoms with van der Waals surface area (Å²) < 4.78 is 34.8. The molecule has 0 atom stereocenters. The number of hydrogen-bond acceptors (Lipinski definition) is 1. The molecule has 2 nitrogen and oxygen atoms in total. The van der Waals surface area contributed by atoms with Gasteiger partial charge in [-0.15, -0.1) is 11.3 Å². The van der Waals surface area contributed by atoms with Crippen LogP contribution in [-0.4, -0.2) is 9.13 Å². The lowest BCUT2D eigenvalue weighted by molar-refractivity contribution is 1.17. The van der Waals surface area contributed by atoms with E-state index in [-0.39, 0.29) is 18.1 Å². The average Bonchev–Trinajstić information content (AvgIpc) is 3.80. The third-order valence-corrected chi connectivity index (χ3v) is 10.8. The average molecular weight is 618 g/mol. The van der Waals surface area contributed by atoms with Crippen molar-refractivity contribution in [2.75, 3.05) is 0 Å². The minimum atomic E-state index is 0.0627. The Morgan fingerprint density at radius 1 is 0.404 bits per heavy atom. The first-order valence-corrected chi connectivity index (χ1v) is 16.7. The second kappa shape index (κ2) is 9.32. The zero-order valence-electron chi connectivity index (χ0n) is 28.1. The molecule has 0 aliphatic carbocycles. The van der Waals surface area contributed by atoms with E-state index in [9.17, 15) is 4.11 Å². The van der Waals surface area contributed by atoms with Gasteiger partial charge in [0.15, 0.2) is 0 Å². The van der Waals surface area contributed by atoms with Gasteiger partial charge >= 0.3 is 0 Å². The molecule has 0 amide bonds. The van der Waals surface area contributed by atoms with Crippen LogP contribution in [0.2, 0.25) is 0 Å². The summed E-state index contributed by atoms with van der Waals surface area (Å²) in [5.74, 6) is 0. The van der Waals surface area contributed by atoms with Gasteiger partial charge in [0.1, 0.15) is 0 Å². The minimum Gasteiger partial charge on any atom is -0.309 e. The topological polar surface area (TPSA) is 9.86 Å². The summed E-state index contributed by atoms with van der Waals surface area (Å²) in [7, 11) is 0. The van der Waals surface area contributed by atoms with Gasteiger partial charge in [0.05, 0.1) is 26.2 Å². The number of benzene rings is 8. The number of rotatable bonds is 2. The lowest BCUT2D eigenvalue weighted by Gasteiger charge is -2.10. The summed E-state index contributed by atoms with van der Waals surface area (Å²) in [4.78, 5) is 0. The predicted molar refractivity (Wildman–Crippen MR) is 203 cm³/mol. The van der Waals surface area contributed by atoms with Gasteiger partial charge in [-0.3, -0.25) is 0 Å². The molecule has 3 heteroatoms. The Labute approximate surface area is 278 Å². The summed E-state index contributed by atoms with van der Waals surface area (Å²) in [5.41, 5.74) is 5.52. The van der Waals surface area contributed by atoms with E-state index in [2.05, 4.69) is 124 Å². The Hall–Kier alpha value is -5.90. The van der Waals surface area contributed by atoms with E-state index >= 15 is 0 Å². The van der Waals surface area contributed by atoms with Crippen molar-refractivity contribution in [2.45, 2.75) is 0 Å². The lowest BCUT2D eigenvalue weighted by Crippen LogP contribution is -1.95. The van der Waals surface area contributed by atoms with Crippen molar-refractivity contribution in [2.24, 2.45) is 0 Å². The molecule has 0 unspecified atom stereocenters. The summed E-state index contributed by atoms with van der Waals surface area (Å²) in [6, 6.07) is 49.3. The first kappa shape index (κ1) is 22.6. The third kappa shape index (κ3) is 3.49. The molecule has 0 saturated carbocycles. The van der Waals surface area contributed by atoms with Gasteiger partial charge in [-0.2, -0.15) is 0 Å². The monoisotopic (exact) mass is 617 g/mol. The molecular formula is C44H26N2S. The normalized spacial score (nSPS) is 13.1. The summed E-state index contributed by atoms with van der Waals surface area (Å²) >= 11 is 1.55. The van der Waals surface area contributed by atoms with Crippen LogP contribution in [0.25, 0.3) is 96.7 Å². The highest BCUT2D eigenvalue weighted by Gasteiger charge is 2.20. The second-order valence-corrected chi connectivity index (χ2v) is 13.4. The minimum absolute atomic E-state index is 0.0627. The van der Waals surface area contributed by atoms with Gasteiger partial charge in [-0.1, -0.05) is 97.0 Å². The Bertz CT molecular complexity index is 3240. The van der Waals surface area contributed by atoms with Crippen LogP contribution >= 0.6 is 11.3 Å². The number of nitrogens with zero attached hydrogens (tertiary/aromatic N) is 2. The van der Waals surface area contributed by atoms with Crippen LogP contribution in [-0.2, 0) is 0 Å². The summed E-state index contributed by atoms with van der Waals surface area (Å²) in [6.45, 7) is 0. The van der Waals surface area contributed by atoms with Crippen LogP contribution in [0.4, 0.5) is 0 Å². The number of aromatic nitrogens is 2. The van der Waals surface area contributed by atoms with Gasteiger partial charge < -0.3 is 9.13 Å². The summed E-state index contributed by atoms with van der Waals surface area (Å²) in [5, 5.41) is 10.7. The molecule has 8 aromatic carbocycles. The van der Waals surface area contributed by atoms with E-state index in [4.69, 9.17) is 0 Å². The Morgan fingerprint density at radius 3 is 1.98 bits per heavy atom. The van der Waals surface area contributed by atoms with Crippen LogP contribution in [0, 0.1) is 0 Å². The molecule has 0 bridgehead atoms. The van der Waals surface area contributed by atoms with Crippen molar-refractivity contribution in [3.63, 3.8) is 0 Å². The van der Waals surface area contributed by atoms with Crippen LogP contribution in [0.15, 0.2) is 158 Å². The van der Waals surface area contributed by atoms with E-state index < -0.39 is 0 Å². The van der Waals surface area contributed by atoms with Crippen LogP contribution < -0.4 is 0 Å². The molecule has 0 fully saturated rings. The van der Waals surface area contributed by atoms with Crippen LogP contribution in [0.1, 0.15) is 4.11 Å². The fourth-order valence-electron chi connectivity index (χ4n) is 7.71. The van der Waals surface area contributed by atoms with Gasteiger partial charge in [0.2, 0.25) is 0 Å². The van der Waals surface area contributed by atoms with Gasteiger partial charge in [0.25, 0.3) is 0 Å². The zero-order valence-corrected chi connectivity index (χ0v) is 25.9. The molecule has 11 rings (SSSR count). The van der Waals surface area contributed by atoms with Gasteiger partial charge in [-0.25, -0.2) is 0 Å². The molecule has 0 aliphatic heterocycles. The lowest BCUT2D eigenvalue weighted by atomic mass is 10.0. The molecule has 11 aromatic rings. The smallest absolute Gasteiger partial charge is 0.0660 e. The van der Waals surface area contributed by atoms with E-state index in [0.717, 1.165) is 69.5 Å². The zero-order chi connectivity index (χ0) is 33.2. The molecule has 0 aliphatic rings. The summed E-state index contributed by atoms with van der Waals surface area (Å²) in [6.07, 6.45) is 0. The van der Waals surface area contributed by atoms with Crippen LogP contribution in [0.3, 0.4) is 0 Å². The maximum Gasteiger partial charge on any atom is 0.0660 e. The Morgan fingerprint density at radius 2 is 1.11 bits per heavy atom. The SMILES string of the molecule is [2H]c1c(-n2c3ccccc3c3cc4c5c6ccccc6ccc5n(-c5ccccc5)c4cc32)c([2H])c2sc3cc4ccccc4cc3c2c1[2H]. The quantitative estimate of drug-likeness (QED) is 0.183. The Kier molecular flexibility index (Phi) is 4.48. The molecule has 47 heavy (non-hydrogen) atoms. The number of thiophene rings is 1. The van der Waals surface area contributed by atoms with Crippen LogP contribution in [0.5, 0.6) is 0 Å².